The van der Waals surface area contributed by atoms with E-state index in [0.717, 1.165) is 5.56 Å². The zero-order chi connectivity index (χ0) is 24.4. The summed E-state index contributed by atoms with van der Waals surface area (Å²) < 4.78 is 14.3. The zero-order valence-corrected chi connectivity index (χ0v) is 19.2. The van der Waals surface area contributed by atoms with E-state index in [1.807, 2.05) is 30.3 Å². The van der Waals surface area contributed by atoms with Gasteiger partial charge in [0.2, 0.25) is 5.78 Å². The summed E-state index contributed by atoms with van der Waals surface area (Å²) in [5.74, 6) is -0.292. The van der Waals surface area contributed by atoms with Crippen molar-refractivity contribution >= 4 is 35.1 Å². The molecule has 34 heavy (non-hydrogen) atoms. The average Bonchev–Trinajstić information content (AvgIpc) is 3.41. The Morgan fingerprint density at radius 3 is 2.59 bits per heavy atom. The fourth-order valence-corrected chi connectivity index (χ4v) is 3.77. The van der Waals surface area contributed by atoms with Crippen LogP contribution in [0.2, 0.25) is 0 Å². The molecular formula is C23H24N6O5. The van der Waals surface area contributed by atoms with Crippen molar-refractivity contribution in [1.29, 1.82) is 0 Å². The number of amides is 1. The summed E-state index contributed by atoms with van der Waals surface area (Å²) >= 11 is 0. The van der Waals surface area contributed by atoms with Gasteiger partial charge in [0, 0.05) is 13.6 Å². The van der Waals surface area contributed by atoms with E-state index in [-0.39, 0.29) is 5.56 Å². The molecule has 0 aliphatic rings. The standard InChI is InChI=1S/C23H24N6O5/c1-14-17(11-10-16(21(31)33-3)26-23(32)34-4)29-20(30)18-19(27(2)22(29)25-14)24-13-28(18)12-15-8-6-5-7-9-15/h5-11,13,16H,12H2,1-4H3,(H,26,32)/b11-10+/t16-/m0/s1. The van der Waals surface area contributed by atoms with E-state index in [1.165, 1.54) is 24.7 Å². The smallest absolute Gasteiger partial charge is 0.407 e. The summed E-state index contributed by atoms with van der Waals surface area (Å²) in [5, 5.41) is 2.39. The van der Waals surface area contributed by atoms with Gasteiger partial charge in [0.15, 0.2) is 11.2 Å². The quantitative estimate of drug-likeness (QED) is 0.431. The largest absolute Gasteiger partial charge is 0.467 e. The number of carbonyl (C=O) groups is 2. The number of nitrogens with one attached hydrogen (secondary N) is 1. The minimum Gasteiger partial charge on any atom is -0.467 e. The Labute approximate surface area is 194 Å². The molecule has 3 heterocycles. The number of imidazole rings is 2. The molecular weight excluding hydrogens is 440 g/mol. The molecule has 0 fully saturated rings. The molecule has 1 atom stereocenters. The summed E-state index contributed by atoms with van der Waals surface area (Å²) in [4.78, 5) is 46.4. The van der Waals surface area contributed by atoms with Crippen molar-refractivity contribution in [2.24, 2.45) is 7.05 Å². The highest BCUT2D eigenvalue weighted by molar-refractivity contribution is 5.84. The van der Waals surface area contributed by atoms with Crippen LogP contribution < -0.4 is 10.9 Å². The number of hydrogen-bond acceptors (Lipinski definition) is 7. The first-order valence-electron chi connectivity index (χ1n) is 10.4. The predicted octanol–water partition coefficient (Wildman–Crippen LogP) is 1.65. The van der Waals surface area contributed by atoms with Crippen LogP contribution in [0.5, 0.6) is 0 Å². The lowest BCUT2D eigenvalue weighted by molar-refractivity contribution is -0.141. The molecule has 4 aromatic rings. The van der Waals surface area contributed by atoms with E-state index in [9.17, 15) is 14.4 Å². The summed E-state index contributed by atoms with van der Waals surface area (Å²) in [5.41, 5.74) is 2.68. The van der Waals surface area contributed by atoms with Crippen LogP contribution in [0.3, 0.4) is 0 Å². The van der Waals surface area contributed by atoms with Gasteiger partial charge in [-0.25, -0.2) is 24.0 Å². The predicted molar refractivity (Wildman–Crippen MR) is 124 cm³/mol. The highest BCUT2D eigenvalue weighted by atomic mass is 16.5. The maximum Gasteiger partial charge on any atom is 0.407 e. The number of esters is 1. The molecule has 11 heteroatoms. The fourth-order valence-electron chi connectivity index (χ4n) is 3.77. The van der Waals surface area contributed by atoms with E-state index in [4.69, 9.17) is 4.74 Å². The number of alkyl carbamates (subject to hydrolysis) is 1. The third-order valence-corrected chi connectivity index (χ3v) is 5.48. The van der Waals surface area contributed by atoms with Crippen LogP contribution in [-0.4, -0.2) is 55.8 Å². The molecule has 1 aromatic carbocycles. The number of benzene rings is 1. The van der Waals surface area contributed by atoms with E-state index < -0.39 is 18.1 Å². The van der Waals surface area contributed by atoms with E-state index in [0.29, 0.717) is 34.9 Å². The molecule has 0 radical (unpaired) electrons. The number of nitrogens with zero attached hydrogens (tertiary/aromatic N) is 5. The lowest BCUT2D eigenvalue weighted by atomic mass is 10.2. The Hall–Kier alpha value is -4.41. The van der Waals surface area contributed by atoms with Crippen LogP contribution in [0, 0.1) is 6.92 Å². The molecule has 1 amide bonds. The third-order valence-electron chi connectivity index (χ3n) is 5.48. The fraction of sp³-hybridized carbons (Fsp3) is 0.261. The van der Waals surface area contributed by atoms with Gasteiger partial charge in [-0.15, -0.1) is 0 Å². The van der Waals surface area contributed by atoms with Gasteiger partial charge in [-0.2, -0.15) is 0 Å². The first-order valence-corrected chi connectivity index (χ1v) is 10.4. The average molecular weight is 464 g/mol. The third kappa shape index (κ3) is 4.03. The number of fused-ring (bicyclic) bond motifs is 2. The summed E-state index contributed by atoms with van der Waals surface area (Å²) in [6.07, 6.45) is 3.81. The Bertz CT molecular complexity index is 1460. The van der Waals surface area contributed by atoms with E-state index in [2.05, 4.69) is 20.0 Å². The van der Waals surface area contributed by atoms with Crippen LogP contribution in [0.15, 0.2) is 47.5 Å². The molecule has 0 spiro atoms. The van der Waals surface area contributed by atoms with Crippen molar-refractivity contribution in [3.63, 3.8) is 0 Å². The van der Waals surface area contributed by atoms with Crippen molar-refractivity contribution in [3.05, 3.63) is 70.0 Å². The second kappa shape index (κ2) is 9.22. The number of hydrogen-bond donors (Lipinski definition) is 1. The molecule has 0 saturated carbocycles. The van der Waals surface area contributed by atoms with E-state index >= 15 is 0 Å². The molecule has 0 bridgehead atoms. The van der Waals surface area contributed by atoms with Gasteiger partial charge in [-0.05, 0) is 24.6 Å². The van der Waals surface area contributed by atoms with Gasteiger partial charge < -0.3 is 19.4 Å². The number of aromatic nitrogens is 5. The molecule has 4 rings (SSSR count). The minimum absolute atomic E-state index is 0.299. The molecule has 11 nitrogen and oxygen atoms in total. The van der Waals surface area contributed by atoms with Crippen molar-refractivity contribution in [1.82, 2.24) is 28.8 Å². The summed E-state index contributed by atoms with van der Waals surface area (Å²) in [6, 6.07) is 8.65. The Morgan fingerprint density at radius 2 is 1.91 bits per heavy atom. The minimum atomic E-state index is -1.11. The number of methoxy groups -OCH3 is 2. The number of carbonyl (C=O) groups excluding carboxylic acids is 2. The van der Waals surface area contributed by atoms with E-state index in [1.54, 1.807) is 35.5 Å². The van der Waals surface area contributed by atoms with Gasteiger partial charge in [-0.1, -0.05) is 30.3 Å². The normalized spacial score (nSPS) is 12.4. The Balaban J connectivity index is 1.85. The van der Waals surface area contributed by atoms with Gasteiger partial charge >= 0.3 is 12.1 Å². The lowest BCUT2D eigenvalue weighted by Crippen LogP contribution is -2.40. The monoisotopic (exact) mass is 464 g/mol. The van der Waals surface area contributed by atoms with Gasteiger partial charge in [-0.3, -0.25) is 9.36 Å². The molecule has 0 aliphatic heterocycles. The van der Waals surface area contributed by atoms with Crippen molar-refractivity contribution in [3.8, 4) is 0 Å². The second-order valence-electron chi connectivity index (χ2n) is 7.61. The first kappa shape index (κ1) is 22.8. The molecule has 0 unspecified atom stereocenters. The topological polar surface area (TPSA) is 122 Å². The molecule has 1 N–H and O–H groups in total. The van der Waals surface area contributed by atoms with Gasteiger partial charge in [0.05, 0.1) is 31.9 Å². The molecule has 3 aromatic heterocycles. The number of rotatable bonds is 6. The number of ether oxygens (including phenoxy) is 2. The highest BCUT2D eigenvalue weighted by Crippen LogP contribution is 2.18. The van der Waals surface area contributed by atoms with Crippen molar-refractivity contribution in [2.75, 3.05) is 14.2 Å². The summed E-state index contributed by atoms with van der Waals surface area (Å²) in [7, 11) is 4.19. The second-order valence-corrected chi connectivity index (χ2v) is 7.61. The maximum atomic E-state index is 13.6. The van der Waals surface area contributed by atoms with Gasteiger partial charge in [0.25, 0.3) is 5.56 Å². The zero-order valence-electron chi connectivity index (χ0n) is 19.2. The van der Waals surface area contributed by atoms with Crippen LogP contribution in [-0.2, 0) is 27.9 Å². The van der Waals surface area contributed by atoms with Crippen LogP contribution in [0.1, 0.15) is 17.0 Å². The van der Waals surface area contributed by atoms with Crippen LogP contribution in [0.4, 0.5) is 4.79 Å². The lowest BCUT2D eigenvalue weighted by Gasteiger charge is -2.11. The molecule has 0 saturated heterocycles. The highest BCUT2D eigenvalue weighted by Gasteiger charge is 2.22. The first-order chi connectivity index (χ1) is 16.3. The Morgan fingerprint density at radius 1 is 1.18 bits per heavy atom. The Kier molecular flexibility index (Phi) is 6.17. The van der Waals surface area contributed by atoms with Crippen molar-refractivity contribution < 1.29 is 19.1 Å². The summed E-state index contributed by atoms with van der Waals surface area (Å²) in [6.45, 7) is 2.23. The van der Waals surface area contributed by atoms with Crippen LogP contribution in [0.25, 0.3) is 23.0 Å². The van der Waals surface area contributed by atoms with Crippen LogP contribution >= 0.6 is 0 Å². The molecule has 176 valence electrons. The number of aryl methyl sites for hydroxylation is 2. The van der Waals surface area contributed by atoms with Crippen molar-refractivity contribution in [2.45, 2.75) is 19.5 Å². The van der Waals surface area contributed by atoms with Gasteiger partial charge in [0.1, 0.15) is 6.04 Å². The maximum absolute atomic E-state index is 13.6. The SMILES string of the molecule is COC(=O)N[C@@H](/C=C/c1c(C)nc2n(C)c3ncn(Cc4ccccc4)c3c(=O)n12)C(=O)OC. The molecule has 0 aliphatic carbocycles.